The average molecular weight is 221 g/mol. The van der Waals surface area contributed by atoms with Crippen molar-refractivity contribution in [3.8, 4) is 0 Å². The van der Waals surface area contributed by atoms with E-state index in [2.05, 4.69) is 4.98 Å². The molecule has 86 valence electrons. The van der Waals surface area contributed by atoms with Crippen LogP contribution >= 0.6 is 0 Å². The predicted octanol–water partition coefficient (Wildman–Crippen LogP) is 0.444. The molecule has 2 heterocycles. The van der Waals surface area contributed by atoms with E-state index in [0.29, 0.717) is 31.6 Å². The Morgan fingerprint density at radius 1 is 1.44 bits per heavy atom. The molecular weight excluding hydrogens is 206 g/mol. The molecule has 1 aliphatic rings. The maximum atomic E-state index is 11.0. The van der Waals surface area contributed by atoms with Crippen LogP contribution in [0, 0.1) is 0 Å². The van der Waals surface area contributed by atoms with Crippen molar-refractivity contribution in [2.75, 3.05) is 13.1 Å². The molecule has 3 N–H and O–H groups in total. The molecule has 0 atom stereocenters. The zero-order chi connectivity index (χ0) is 11.6. The molecule has 0 bridgehead atoms. The molecule has 0 aliphatic carbocycles. The largest absolute Gasteiger partial charge is 0.383 e. The lowest BCUT2D eigenvalue weighted by Gasteiger charge is -2.36. The Morgan fingerprint density at radius 2 is 2.12 bits per heavy atom. The van der Waals surface area contributed by atoms with Crippen molar-refractivity contribution < 1.29 is 9.90 Å². The number of aliphatic hydroxyl groups is 1. The third-order valence-corrected chi connectivity index (χ3v) is 3.04. The van der Waals surface area contributed by atoms with Crippen LogP contribution in [-0.4, -0.2) is 34.1 Å². The standard InChI is InChI=1S/C11H15N3O2/c12-10(15)14-7-4-11(16,5-8-14)9-3-1-2-6-13-9/h1-3,6,16H,4-5,7-8H2,(H2,12,15). The van der Waals surface area contributed by atoms with Gasteiger partial charge in [-0.1, -0.05) is 6.07 Å². The summed E-state index contributed by atoms with van der Waals surface area (Å²) in [5, 5.41) is 10.4. The number of nitrogens with two attached hydrogens (primary N) is 1. The molecule has 5 nitrogen and oxygen atoms in total. The molecule has 16 heavy (non-hydrogen) atoms. The highest BCUT2D eigenvalue weighted by Gasteiger charge is 2.35. The van der Waals surface area contributed by atoms with Crippen molar-refractivity contribution >= 4 is 6.03 Å². The van der Waals surface area contributed by atoms with Crippen molar-refractivity contribution in [1.29, 1.82) is 0 Å². The summed E-state index contributed by atoms with van der Waals surface area (Å²) in [6, 6.07) is 5.04. The maximum Gasteiger partial charge on any atom is 0.314 e. The zero-order valence-electron chi connectivity index (χ0n) is 8.97. The van der Waals surface area contributed by atoms with Gasteiger partial charge in [0.15, 0.2) is 0 Å². The number of carbonyl (C=O) groups excluding carboxylic acids is 1. The van der Waals surface area contributed by atoms with E-state index in [4.69, 9.17) is 5.73 Å². The molecule has 2 amide bonds. The highest BCUT2D eigenvalue weighted by Crippen LogP contribution is 2.30. The molecule has 1 aliphatic heterocycles. The van der Waals surface area contributed by atoms with Crippen molar-refractivity contribution in [3.05, 3.63) is 30.1 Å². The molecule has 0 radical (unpaired) electrons. The van der Waals surface area contributed by atoms with Gasteiger partial charge in [0.1, 0.15) is 5.60 Å². The zero-order valence-corrected chi connectivity index (χ0v) is 8.97. The van der Waals surface area contributed by atoms with Crippen molar-refractivity contribution in [2.45, 2.75) is 18.4 Å². The van der Waals surface area contributed by atoms with Gasteiger partial charge in [-0.05, 0) is 25.0 Å². The molecule has 5 heteroatoms. The highest BCUT2D eigenvalue weighted by molar-refractivity contribution is 5.72. The Kier molecular flexibility index (Phi) is 2.78. The summed E-state index contributed by atoms with van der Waals surface area (Å²) >= 11 is 0. The van der Waals surface area contributed by atoms with E-state index in [-0.39, 0.29) is 0 Å². The minimum absolute atomic E-state index is 0.428. The van der Waals surface area contributed by atoms with Gasteiger partial charge in [-0.3, -0.25) is 4.98 Å². The van der Waals surface area contributed by atoms with Gasteiger partial charge >= 0.3 is 6.03 Å². The van der Waals surface area contributed by atoms with Crippen LogP contribution in [0.2, 0.25) is 0 Å². The normalized spacial score (nSPS) is 19.4. The van der Waals surface area contributed by atoms with E-state index >= 15 is 0 Å². The second-order valence-corrected chi connectivity index (χ2v) is 4.07. The lowest BCUT2D eigenvalue weighted by molar-refractivity contribution is -0.0196. The monoisotopic (exact) mass is 221 g/mol. The number of carbonyl (C=O) groups is 1. The van der Waals surface area contributed by atoms with Crippen LogP contribution in [-0.2, 0) is 5.60 Å². The average Bonchev–Trinajstić information content (AvgIpc) is 2.31. The van der Waals surface area contributed by atoms with Crippen LogP contribution < -0.4 is 5.73 Å². The van der Waals surface area contributed by atoms with Crippen LogP contribution in [0.5, 0.6) is 0 Å². The Morgan fingerprint density at radius 3 is 2.62 bits per heavy atom. The van der Waals surface area contributed by atoms with Crippen LogP contribution in [0.1, 0.15) is 18.5 Å². The maximum absolute atomic E-state index is 11.0. The van der Waals surface area contributed by atoms with Gasteiger partial charge < -0.3 is 15.7 Å². The Hall–Kier alpha value is -1.62. The summed E-state index contributed by atoms with van der Waals surface area (Å²) in [7, 11) is 0. The summed E-state index contributed by atoms with van der Waals surface area (Å²) in [6.07, 6.45) is 2.62. The first-order chi connectivity index (χ1) is 7.62. The lowest BCUT2D eigenvalue weighted by Crippen LogP contribution is -2.47. The minimum Gasteiger partial charge on any atom is -0.383 e. The van der Waals surface area contributed by atoms with E-state index in [0.717, 1.165) is 0 Å². The summed E-state index contributed by atoms with van der Waals surface area (Å²) in [6.45, 7) is 0.949. The van der Waals surface area contributed by atoms with E-state index in [1.807, 2.05) is 12.1 Å². The first-order valence-electron chi connectivity index (χ1n) is 5.30. The molecule has 1 aromatic heterocycles. The van der Waals surface area contributed by atoms with Crippen molar-refractivity contribution in [1.82, 2.24) is 9.88 Å². The summed E-state index contributed by atoms with van der Waals surface area (Å²) in [4.78, 5) is 16.7. The second-order valence-electron chi connectivity index (χ2n) is 4.07. The van der Waals surface area contributed by atoms with E-state index in [1.165, 1.54) is 4.90 Å². The third-order valence-electron chi connectivity index (χ3n) is 3.04. The number of aromatic nitrogens is 1. The molecule has 0 saturated carbocycles. The Bertz CT molecular complexity index is 372. The second kappa shape index (κ2) is 4.09. The van der Waals surface area contributed by atoms with Crippen molar-refractivity contribution in [2.24, 2.45) is 5.73 Å². The number of rotatable bonds is 1. The Labute approximate surface area is 93.9 Å². The number of urea groups is 1. The fraction of sp³-hybridized carbons (Fsp3) is 0.455. The highest BCUT2D eigenvalue weighted by atomic mass is 16.3. The van der Waals surface area contributed by atoms with Crippen LogP contribution in [0.25, 0.3) is 0 Å². The third kappa shape index (κ3) is 1.99. The van der Waals surface area contributed by atoms with Crippen LogP contribution in [0.3, 0.4) is 0 Å². The number of hydrogen-bond donors (Lipinski definition) is 2. The first kappa shape index (κ1) is 10.9. The molecular formula is C11H15N3O2. The van der Waals surface area contributed by atoms with Gasteiger partial charge in [-0.25, -0.2) is 4.79 Å². The first-order valence-corrected chi connectivity index (χ1v) is 5.30. The van der Waals surface area contributed by atoms with Crippen molar-refractivity contribution in [3.63, 3.8) is 0 Å². The molecule has 0 unspecified atom stereocenters. The van der Waals surface area contributed by atoms with E-state index in [1.54, 1.807) is 12.3 Å². The number of primary amides is 1. The summed E-state index contributed by atoms with van der Waals surface area (Å²) in [5.41, 5.74) is 4.93. The van der Waals surface area contributed by atoms with Crippen LogP contribution in [0.4, 0.5) is 4.79 Å². The molecule has 0 spiro atoms. The number of likely N-dealkylation sites (tertiary alicyclic amines) is 1. The molecule has 1 saturated heterocycles. The van der Waals surface area contributed by atoms with Gasteiger partial charge in [0.05, 0.1) is 5.69 Å². The number of nitrogens with zero attached hydrogens (tertiary/aromatic N) is 2. The van der Waals surface area contributed by atoms with Gasteiger partial charge in [0, 0.05) is 19.3 Å². The molecule has 0 aromatic carbocycles. The van der Waals surface area contributed by atoms with Gasteiger partial charge in [-0.2, -0.15) is 0 Å². The van der Waals surface area contributed by atoms with Gasteiger partial charge in [0.2, 0.25) is 0 Å². The SMILES string of the molecule is NC(=O)N1CCC(O)(c2ccccn2)CC1. The van der Waals surface area contributed by atoms with E-state index < -0.39 is 11.6 Å². The lowest BCUT2D eigenvalue weighted by atomic mass is 9.88. The minimum atomic E-state index is -0.923. The smallest absolute Gasteiger partial charge is 0.314 e. The van der Waals surface area contributed by atoms with E-state index in [9.17, 15) is 9.90 Å². The number of pyridine rings is 1. The summed E-state index contributed by atoms with van der Waals surface area (Å²) < 4.78 is 0. The molecule has 1 aromatic rings. The number of hydrogen-bond acceptors (Lipinski definition) is 3. The van der Waals surface area contributed by atoms with Gasteiger partial charge in [-0.15, -0.1) is 0 Å². The fourth-order valence-corrected chi connectivity index (χ4v) is 1.99. The quantitative estimate of drug-likeness (QED) is 0.722. The fourth-order valence-electron chi connectivity index (χ4n) is 1.99. The topological polar surface area (TPSA) is 79.5 Å². The number of amides is 2. The predicted molar refractivity (Wildman–Crippen MR) is 58.5 cm³/mol. The molecule has 2 rings (SSSR count). The molecule has 1 fully saturated rings. The number of piperidine rings is 1. The van der Waals surface area contributed by atoms with Gasteiger partial charge in [0.25, 0.3) is 0 Å². The summed E-state index contributed by atoms with van der Waals surface area (Å²) in [5.74, 6) is 0. The van der Waals surface area contributed by atoms with Crippen LogP contribution in [0.15, 0.2) is 24.4 Å². The Balaban J connectivity index is 2.10.